The first-order valence-electron chi connectivity index (χ1n) is 6.27. The minimum absolute atomic E-state index is 0.116. The Labute approximate surface area is 118 Å². The molecule has 0 spiro atoms. The summed E-state index contributed by atoms with van der Waals surface area (Å²) in [5.41, 5.74) is 6.34. The molecule has 1 aromatic rings. The Morgan fingerprint density at radius 2 is 2.11 bits per heavy atom. The Kier molecular flexibility index (Phi) is 4.26. The zero-order valence-electron chi connectivity index (χ0n) is 10.8. The number of hydrogen-bond acceptors (Lipinski definition) is 4. The molecule has 0 amide bonds. The van der Waals surface area contributed by atoms with Crippen molar-refractivity contribution in [3.63, 3.8) is 0 Å². The fourth-order valence-corrected chi connectivity index (χ4v) is 3.71. The Morgan fingerprint density at radius 3 is 2.79 bits per heavy atom. The number of hydrogen-bond donors (Lipinski definition) is 1. The average Bonchev–Trinajstić information content (AvgIpc) is 2.33. The number of nitrogen functional groups attached to an aromatic ring is 1. The summed E-state index contributed by atoms with van der Waals surface area (Å²) in [5.74, 6) is 0.534. The third-order valence-corrected chi connectivity index (χ3v) is 5.33. The monoisotopic (exact) mass is 303 g/mol. The van der Waals surface area contributed by atoms with Crippen LogP contribution in [0.1, 0.15) is 25.7 Å². The van der Waals surface area contributed by atoms with E-state index in [4.69, 9.17) is 22.1 Å². The van der Waals surface area contributed by atoms with Gasteiger partial charge in [0.25, 0.3) is 0 Å². The first-order chi connectivity index (χ1) is 8.86. The molecule has 0 saturated heterocycles. The molecule has 2 unspecified atom stereocenters. The summed E-state index contributed by atoms with van der Waals surface area (Å²) < 4.78 is 29.0. The lowest BCUT2D eigenvalue weighted by atomic mass is 9.97. The zero-order valence-corrected chi connectivity index (χ0v) is 12.4. The van der Waals surface area contributed by atoms with Gasteiger partial charge in [-0.1, -0.05) is 11.6 Å². The van der Waals surface area contributed by atoms with E-state index in [1.807, 2.05) is 0 Å². The van der Waals surface area contributed by atoms with E-state index in [1.165, 1.54) is 6.26 Å². The largest absolute Gasteiger partial charge is 0.488 e. The fraction of sp³-hybridized carbons (Fsp3) is 0.538. The van der Waals surface area contributed by atoms with Crippen molar-refractivity contribution in [1.82, 2.24) is 0 Å². The fourth-order valence-electron chi connectivity index (χ4n) is 2.39. The van der Waals surface area contributed by atoms with Gasteiger partial charge in [-0.25, -0.2) is 8.42 Å². The molecule has 19 heavy (non-hydrogen) atoms. The van der Waals surface area contributed by atoms with Gasteiger partial charge in [0.05, 0.1) is 10.9 Å². The Morgan fingerprint density at radius 1 is 1.37 bits per heavy atom. The van der Waals surface area contributed by atoms with E-state index >= 15 is 0 Å². The van der Waals surface area contributed by atoms with Crippen LogP contribution in [0.25, 0.3) is 0 Å². The molecule has 1 aliphatic carbocycles. The summed E-state index contributed by atoms with van der Waals surface area (Å²) in [4.78, 5) is 0. The Hall–Kier alpha value is -0.940. The van der Waals surface area contributed by atoms with E-state index in [-0.39, 0.29) is 11.4 Å². The molecule has 2 rings (SSSR count). The van der Waals surface area contributed by atoms with Gasteiger partial charge in [0.15, 0.2) is 0 Å². The van der Waals surface area contributed by atoms with Gasteiger partial charge in [0.2, 0.25) is 0 Å². The van der Waals surface area contributed by atoms with Crippen LogP contribution in [0.5, 0.6) is 5.75 Å². The van der Waals surface area contributed by atoms with Crippen molar-refractivity contribution in [3.05, 3.63) is 23.2 Å². The Bertz CT molecular complexity index is 559. The molecule has 0 bridgehead atoms. The quantitative estimate of drug-likeness (QED) is 0.872. The number of sulfone groups is 1. The first-order valence-corrected chi connectivity index (χ1v) is 8.60. The molecule has 1 aliphatic rings. The average molecular weight is 304 g/mol. The highest BCUT2D eigenvalue weighted by Gasteiger charge is 2.30. The van der Waals surface area contributed by atoms with Crippen molar-refractivity contribution in [1.29, 1.82) is 0 Å². The third kappa shape index (κ3) is 3.76. The van der Waals surface area contributed by atoms with Crippen molar-refractivity contribution in [3.8, 4) is 5.75 Å². The minimum Gasteiger partial charge on any atom is -0.488 e. The standard InChI is InChI=1S/C13H18ClNO3S/c1-19(16,17)11-4-2-3-10(8-11)18-13-7-9(14)5-6-12(13)15/h5-7,10-11H,2-4,8,15H2,1H3. The number of anilines is 1. The molecule has 4 nitrogen and oxygen atoms in total. The van der Waals surface area contributed by atoms with Crippen molar-refractivity contribution in [2.24, 2.45) is 0 Å². The van der Waals surface area contributed by atoms with Crippen molar-refractivity contribution >= 4 is 27.1 Å². The number of nitrogens with two attached hydrogens (primary N) is 1. The maximum Gasteiger partial charge on any atom is 0.150 e. The lowest BCUT2D eigenvalue weighted by Crippen LogP contribution is -2.33. The zero-order chi connectivity index (χ0) is 14.0. The van der Waals surface area contributed by atoms with Gasteiger partial charge in [0.1, 0.15) is 21.7 Å². The first kappa shape index (κ1) is 14.5. The van der Waals surface area contributed by atoms with Crippen LogP contribution in [0, 0.1) is 0 Å². The van der Waals surface area contributed by atoms with Gasteiger partial charge in [0, 0.05) is 23.8 Å². The number of rotatable bonds is 3. The van der Waals surface area contributed by atoms with Crippen LogP contribution in [0.15, 0.2) is 18.2 Å². The maximum atomic E-state index is 11.6. The predicted molar refractivity (Wildman–Crippen MR) is 77.4 cm³/mol. The van der Waals surface area contributed by atoms with Crippen molar-refractivity contribution in [2.75, 3.05) is 12.0 Å². The molecule has 2 N–H and O–H groups in total. The van der Waals surface area contributed by atoms with Crippen LogP contribution in [0.2, 0.25) is 5.02 Å². The normalized spacial score (nSPS) is 24.1. The summed E-state index contributed by atoms with van der Waals surface area (Å²) in [5, 5.41) is 0.242. The molecule has 0 heterocycles. The van der Waals surface area contributed by atoms with Crippen LogP contribution in [-0.2, 0) is 9.84 Å². The molecule has 106 valence electrons. The third-order valence-electron chi connectivity index (χ3n) is 3.45. The summed E-state index contributed by atoms with van der Waals surface area (Å²) in [6.07, 6.45) is 4.10. The van der Waals surface area contributed by atoms with Crippen LogP contribution >= 0.6 is 11.6 Å². The molecule has 2 atom stereocenters. The van der Waals surface area contributed by atoms with Crippen LogP contribution in [-0.4, -0.2) is 26.0 Å². The molecule has 1 saturated carbocycles. The van der Waals surface area contributed by atoms with Crippen LogP contribution < -0.4 is 10.5 Å². The van der Waals surface area contributed by atoms with E-state index < -0.39 is 9.84 Å². The van der Waals surface area contributed by atoms with Crippen molar-refractivity contribution in [2.45, 2.75) is 37.0 Å². The lowest BCUT2D eigenvalue weighted by molar-refractivity contribution is 0.157. The molecule has 1 fully saturated rings. The highest BCUT2D eigenvalue weighted by atomic mass is 35.5. The summed E-state index contributed by atoms with van der Waals surface area (Å²) in [6.45, 7) is 0. The molecule has 0 radical (unpaired) electrons. The van der Waals surface area contributed by atoms with Gasteiger partial charge in [-0.05, 0) is 31.4 Å². The van der Waals surface area contributed by atoms with Gasteiger partial charge in [-0.2, -0.15) is 0 Å². The second-order valence-electron chi connectivity index (χ2n) is 5.04. The number of ether oxygens (including phenoxy) is 1. The highest BCUT2D eigenvalue weighted by Crippen LogP contribution is 2.31. The van der Waals surface area contributed by atoms with Gasteiger partial charge < -0.3 is 10.5 Å². The Balaban J connectivity index is 2.09. The smallest absolute Gasteiger partial charge is 0.150 e. The minimum atomic E-state index is -3.01. The van der Waals surface area contributed by atoms with E-state index in [0.717, 1.165) is 12.8 Å². The van der Waals surface area contributed by atoms with Crippen LogP contribution in [0.4, 0.5) is 5.69 Å². The molecular weight excluding hydrogens is 286 g/mol. The SMILES string of the molecule is CS(=O)(=O)C1CCCC(Oc2cc(Cl)ccc2N)C1. The van der Waals surface area contributed by atoms with Gasteiger partial charge >= 0.3 is 0 Å². The van der Waals surface area contributed by atoms with Crippen molar-refractivity contribution < 1.29 is 13.2 Å². The van der Waals surface area contributed by atoms with Crippen LogP contribution in [0.3, 0.4) is 0 Å². The van der Waals surface area contributed by atoms with E-state index in [0.29, 0.717) is 29.3 Å². The highest BCUT2D eigenvalue weighted by molar-refractivity contribution is 7.91. The predicted octanol–water partition coefficient (Wildman–Crippen LogP) is 2.66. The molecule has 0 aromatic heterocycles. The molecule has 6 heteroatoms. The van der Waals surface area contributed by atoms with E-state index in [2.05, 4.69) is 0 Å². The summed E-state index contributed by atoms with van der Waals surface area (Å²) >= 11 is 5.90. The van der Waals surface area contributed by atoms with Gasteiger partial charge in [-0.3, -0.25) is 0 Å². The number of halogens is 1. The topological polar surface area (TPSA) is 69.4 Å². The lowest BCUT2D eigenvalue weighted by Gasteiger charge is -2.28. The molecule has 1 aromatic carbocycles. The molecular formula is C13H18ClNO3S. The second kappa shape index (κ2) is 5.59. The summed E-state index contributed by atoms with van der Waals surface area (Å²) in [6, 6.07) is 5.05. The van der Waals surface area contributed by atoms with E-state index in [9.17, 15) is 8.42 Å². The number of benzene rings is 1. The maximum absolute atomic E-state index is 11.6. The summed E-state index contributed by atoms with van der Waals surface area (Å²) in [7, 11) is -3.01. The molecule has 0 aliphatic heterocycles. The second-order valence-corrected chi connectivity index (χ2v) is 7.80. The van der Waals surface area contributed by atoms with E-state index in [1.54, 1.807) is 18.2 Å². The van der Waals surface area contributed by atoms with Gasteiger partial charge in [-0.15, -0.1) is 0 Å².